The number of phenolic OH excluding ortho intramolecular Hbond substituents is 1. The smallest absolute Gasteiger partial charge is 0.291 e. The molecule has 5 rings (SSSR count). The Labute approximate surface area is 171 Å². The van der Waals surface area contributed by atoms with E-state index in [0.29, 0.717) is 31.1 Å². The number of phenols is 1. The number of carbonyl (C=O) groups is 1. The van der Waals surface area contributed by atoms with Crippen LogP contribution in [0, 0.1) is 6.92 Å². The van der Waals surface area contributed by atoms with Crippen molar-refractivity contribution in [3.05, 3.63) is 65.2 Å². The second kappa shape index (κ2) is 6.93. The van der Waals surface area contributed by atoms with Crippen LogP contribution >= 0.6 is 11.3 Å². The van der Waals surface area contributed by atoms with E-state index in [9.17, 15) is 9.90 Å². The van der Waals surface area contributed by atoms with Gasteiger partial charge in [-0.2, -0.15) is 0 Å². The van der Waals surface area contributed by atoms with Gasteiger partial charge in [0.05, 0.1) is 18.8 Å². The zero-order valence-electron chi connectivity index (χ0n) is 15.7. The van der Waals surface area contributed by atoms with E-state index in [0.717, 1.165) is 22.1 Å². The number of rotatable bonds is 2. The third kappa shape index (κ3) is 3.03. The molecule has 146 valence electrons. The van der Waals surface area contributed by atoms with E-state index in [4.69, 9.17) is 9.15 Å². The molecule has 2 aromatic heterocycles. The van der Waals surface area contributed by atoms with E-state index in [1.807, 2.05) is 18.2 Å². The fourth-order valence-corrected chi connectivity index (χ4v) is 4.65. The molecule has 0 saturated heterocycles. The van der Waals surface area contributed by atoms with Crippen molar-refractivity contribution in [1.29, 1.82) is 0 Å². The summed E-state index contributed by atoms with van der Waals surface area (Å²) in [5.41, 5.74) is 3.27. The van der Waals surface area contributed by atoms with E-state index in [1.165, 1.54) is 11.1 Å². The second-order valence-corrected chi connectivity index (χ2v) is 7.88. The fourth-order valence-electron chi connectivity index (χ4n) is 3.68. The molecule has 0 fully saturated rings. The number of hydrogen-bond donors (Lipinski definition) is 1. The molecule has 1 amide bonds. The number of amides is 1. The van der Waals surface area contributed by atoms with Gasteiger partial charge in [-0.1, -0.05) is 18.2 Å². The molecule has 0 unspecified atom stereocenters. The molecule has 0 aliphatic carbocycles. The van der Waals surface area contributed by atoms with Gasteiger partial charge >= 0.3 is 0 Å². The Bertz CT molecular complexity index is 1230. The standard InChI is InChI=1S/C22H18N2O4S/c1-13-20(28-12-23-13)22(26)24-6-7-27-21-15(10-24)8-14(9-18(21)25)17-11-29-19-5-3-2-4-16(17)19/h2-5,8-9,11-12,25H,6-7,10H2,1H3. The summed E-state index contributed by atoms with van der Waals surface area (Å²) in [5, 5.41) is 13.9. The zero-order valence-corrected chi connectivity index (χ0v) is 16.5. The van der Waals surface area contributed by atoms with Crippen LogP contribution in [-0.4, -0.2) is 34.0 Å². The van der Waals surface area contributed by atoms with Gasteiger partial charge in [0.2, 0.25) is 5.76 Å². The lowest BCUT2D eigenvalue weighted by atomic mass is 10.0. The molecule has 0 bridgehead atoms. The van der Waals surface area contributed by atoms with E-state index in [2.05, 4.69) is 22.5 Å². The lowest BCUT2D eigenvalue weighted by molar-refractivity contribution is 0.0700. The zero-order chi connectivity index (χ0) is 20.0. The molecule has 1 N–H and O–H groups in total. The monoisotopic (exact) mass is 406 g/mol. The van der Waals surface area contributed by atoms with Crippen LogP contribution in [0.3, 0.4) is 0 Å². The molecule has 2 aromatic carbocycles. The van der Waals surface area contributed by atoms with Gasteiger partial charge in [-0.25, -0.2) is 4.98 Å². The number of oxazole rings is 1. The first kappa shape index (κ1) is 17.8. The number of aromatic hydroxyl groups is 1. The van der Waals surface area contributed by atoms with Crippen molar-refractivity contribution in [1.82, 2.24) is 9.88 Å². The van der Waals surface area contributed by atoms with Gasteiger partial charge in [0, 0.05) is 21.2 Å². The van der Waals surface area contributed by atoms with Crippen molar-refractivity contribution >= 4 is 27.3 Å². The highest BCUT2D eigenvalue weighted by molar-refractivity contribution is 7.17. The van der Waals surface area contributed by atoms with Crippen molar-refractivity contribution in [2.45, 2.75) is 13.5 Å². The van der Waals surface area contributed by atoms with E-state index in [1.54, 1.807) is 29.2 Å². The molecule has 7 heteroatoms. The quantitative estimate of drug-likeness (QED) is 0.526. The van der Waals surface area contributed by atoms with Gasteiger partial charge in [-0.05, 0) is 36.1 Å². The highest BCUT2D eigenvalue weighted by atomic mass is 32.1. The molecule has 1 aliphatic heterocycles. The normalized spacial score (nSPS) is 13.8. The SMILES string of the molecule is Cc1ncoc1C(=O)N1CCOc2c(O)cc(-c3csc4ccccc34)cc2C1. The molecular formula is C22H18N2O4S. The Morgan fingerprint density at radius 2 is 2.14 bits per heavy atom. The van der Waals surface area contributed by atoms with Crippen molar-refractivity contribution in [2.24, 2.45) is 0 Å². The number of fused-ring (bicyclic) bond motifs is 2. The topological polar surface area (TPSA) is 75.8 Å². The summed E-state index contributed by atoms with van der Waals surface area (Å²) in [7, 11) is 0. The number of benzene rings is 2. The van der Waals surface area contributed by atoms with Crippen LogP contribution < -0.4 is 4.74 Å². The van der Waals surface area contributed by atoms with Gasteiger partial charge in [-0.15, -0.1) is 11.3 Å². The summed E-state index contributed by atoms with van der Waals surface area (Å²) in [6.45, 7) is 2.74. The van der Waals surface area contributed by atoms with Crippen LogP contribution in [0.4, 0.5) is 0 Å². The van der Waals surface area contributed by atoms with Crippen molar-refractivity contribution in [3.8, 4) is 22.6 Å². The van der Waals surface area contributed by atoms with Crippen LogP contribution in [0.25, 0.3) is 21.2 Å². The first-order chi connectivity index (χ1) is 14.1. The predicted octanol–water partition coefficient (Wildman–Crippen LogP) is 4.61. The van der Waals surface area contributed by atoms with Gasteiger partial charge in [0.25, 0.3) is 5.91 Å². The lowest BCUT2D eigenvalue weighted by Crippen LogP contribution is -2.32. The summed E-state index contributed by atoms with van der Waals surface area (Å²) in [6.07, 6.45) is 1.27. The van der Waals surface area contributed by atoms with Crippen LogP contribution in [0.15, 0.2) is 52.6 Å². The first-order valence-electron chi connectivity index (χ1n) is 9.26. The predicted molar refractivity (Wildman–Crippen MR) is 110 cm³/mol. The largest absolute Gasteiger partial charge is 0.504 e. The number of ether oxygens (including phenoxy) is 1. The number of aromatic nitrogens is 1. The average Bonchev–Trinajstić information content (AvgIpc) is 3.27. The van der Waals surface area contributed by atoms with Gasteiger partial charge in [0.15, 0.2) is 17.9 Å². The molecule has 3 heterocycles. The van der Waals surface area contributed by atoms with Crippen LogP contribution in [0.2, 0.25) is 0 Å². The molecule has 0 radical (unpaired) electrons. The highest BCUT2D eigenvalue weighted by Gasteiger charge is 2.26. The Morgan fingerprint density at radius 3 is 2.97 bits per heavy atom. The van der Waals surface area contributed by atoms with E-state index in [-0.39, 0.29) is 17.4 Å². The summed E-state index contributed by atoms with van der Waals surface area (Å²) in [6, 6.07) is 11.9. The average molecular weight is 406 g/mol. The second-order valence-electron chi connectivity index (χ2n) is 6.97. The summed E-state index contributed by atoms with van der Waals surface area (Å²) in [4.78, 5) is 18.6. The summed E-state index contributed by atoms with van der Waals surface area (Å²) < 4.78 is 12.2. The maximum absolute atomic E-state index is 12.9. The number of carbonyl (C=O) groups excluding carboxylic acids is 1. The molecule has 4 aromatic rings. The molecule has 29 heavy (non-hydrogen) atoms. The minimum atomic E-state index is -0.234. The number of nitrogens with zero attached hydrogens (tertiary/aromatic N) is 2. The Morgan fingerprint density at radius 1 is 1.28 bits per heavy atom. The maximum atomic E-state index is 12.9. The Balaban J connectivity index is 1.55. The Kier molecular flexibility index (Phi) is 4.24. The van der Waals surface area contributed by atoms with Gasteiger partial charge in [-0.3, -0.25) is 4.79 Å². The third-order valence-corrected chi connectivity index (χ3v) is 6.10. The molecule has 0 spiro atoms. The molecule has 1 aliphatic rings. The minimum Gasteiger partial charge on any atom is -0.504 e. The lowest BCUT2D eigenvalue weighted by Gasteiger charge is -2.19. The summed E-state index contributed by atoms with van der Waals surface area (Å²) >= 11 is 1.66. The van der Waals surface area contributed by atoms with Crippen molar-refractivity contribution in [3.63, 3.8) is 0 Å². The van der Waals surface area contributed by atoms with E-state index >= 15 is 0 Å². The summed E-state index contributed by atoms with van der Waals surface area (Å²) in [5.74, 6) is 0.510. The third-order valence-electron chi connectivity index (χ3n) is 5.13. The van der Waals surface area contributed by atoms with Crippen LogP contribution in [-0.2, 0) is 6.54 Å². The number of aryl methyl sites for hydroxylation is 1. The van der Waals surface area contributed by atoms with Crippen molar-refractivity contribution in [2.75, 3.05) is 13.2 Å². The fraction of sp³-hybridized carbons (Fsp3) is 0.182. The minimum absolute atomic E-state index is 0.0814. The van der Waals surface area contributed by atoms with Gasteiger partial charge < -0.3 is 19.2 Å². The maximum Gasteiger partial charge on any atom is 0.291 e. The Hall–Kier alpha value is -3.32. The number of hydrogen-bond acceptors (Lipinski definition) is 6. The highest BCUT2D eigenvalue weighted by Crippen LogP contribution is 2.41. The molecule has 6 nitrogen and oxygen atoms in total. The van der Waals surface area contributed by atoms with Crippen LogP contribution in [0.1, 0.15) is 21.8 Å². The van der Waals surface area contributed by atoms with Gasteiger partial charge in [0.1, 0.15) is 6.61 Å². The first-order valence-corrected chi connectivity index (χ1v) is 10.1. The van der Waals surface area contributed by atoms with Crippen LogP contribution in [0.5, 0.6) is 11.5 Å². The molecule has 0 saturated carbocycles. The van der Waals surface area contributed by atoms with E-state index < -0.39 is 0 Å². The van der Waals surface area contributed by atoms with Crippen molar-refractivity contribution < 1.29 is 19.1 Å². The number of thiophene rings is 1. The molecule has 0 atom stereocenters. The molecular weight excluding hydrogens is 388 g/mol.